The van der Waals surface area contributed by atoms with Crippen LogP contribution in [0.4, 0.5) is 0 Å². The summed E-state index contributed by atoms with van der Waals surface area (Å²) in [6.07, 6.45) is 6.20. The van der Waals surface area contributed by atoms with Crippen LogP contribution in [0.15, 0.2) is 11.6 Å². The summed E-state index contributed by atoms with van der Waals surface area (Å²) in [6.45, 7) is 16.1. The highest BCUT2D eigenvalue weighted by Crippen LogP contribution is 2.19. The first-order valence-electron chi connectivity index (χ1n) is 8.35. The van der Waals surface area contributed by atoms with Gasteiger partial charge in [-0.1, -0.05) is 31.9 Å². The molecule has 1 heterocycles. The van der Waals surface area contributed by atoms with E-state index in [9.17, 15) is 0 Å². The molecule has 0 aromatic carbocycles. The van der Waals surface area contributed by atoms with E-state index in [0.29, 0.717) is 0 Å². The number of hydrogen-bond donors (Lipinski definition) is 0. The lowest BCUT2D eigenvalue weighted by Crippen LogP contribution is -2.39. The van der Waals surface area contributed by atoms with Gasteiger partial charge in [0.15, 0.2) is 0 Å². The van der Waals surface area contributed by atoms with Crippen LogP contribution in [0.25, 0.3) is 0 Å². The highest BCUT2D eigenvalue weighted by atomic mass is 15.1. The molecule has 1 aliphatic rings. The van der Waals surface area contributed by atoms with Crippen LogP contribution in [0.1, 0.15) is 53.9 Å². The summed E-state index contributed by atoms with van der Waals surface area (Å²) in [5.41, 5.74) is 1.38. The molecule has 120 valence electrons. The molecule has 20 heavy (non-hydrogen) atoms. The van der Waals surface area contributed by atoms with Crippen molar-refractivity contribution >= 4 is 0 Å². The van der Waals surface area contributed by atoms with Crippen molar-refractivity contribution in [1.29, 1.82) is 0 Å². The molecule has 0 saturated carbocycles. The van der Waals surface area contributed by atoms with Gasteiger partial charge in [0.2, 0.25) is 0 Å². The minimum Gasteiger partial charge on any atom is -0.309 e. The largest absolute Gasteiger partial charge is 0.309 e. The average molecular weight is 283 g/mol. The summed E-state index contributed by atoms with van der Waals surface area (Å²) < 4.78 is 0. The number of allylic oxidation sites excluding steroid dienone is 2. The number of piperidine rings is 1. The standard InChI is InChI=1S/C13H28N2.C5H10/c1-5-12(2)10-15-8-6-13(7-9-15)11-14(3)4;1-4-5(2)3/h12-13H,5-11H2,1-4H3;4H,1-3H3. The summed E-state index contributed by atoms with van der Waals surface area (Å²) in [6, 6.07) is 0. The van der Waals surface area contributed by atoms with Crippen LogP contribution in [-0.4, -0.2) is 50.1 Å². The molecule has 0 aromatic rings. The molecule has 1 rings (SSSR count). The molecule has 1 aliphatic heterocycles. The number of rotatable bonds is 5. The Hall–Kier alpha value is -0.340. The molecule has 0 aliphatic carbocycles. The molecular formula is C18H38N2. The fourth-order valence-electron chi connectivity index (χ4n) is 2.44. The first-order chi connectivity index (χ1) is 9.38. The normalized spacial score (nSPS) is 18.4. The van der Waals surface area contributed by atoms with Gasteiger partial charge in [0, 0.05) is 13.1 Å². The smallest absolute Gasteiger partial charge is 0.000692 e. The van der Waals surface area contributed by atoms with Crippen LogP contribution in [0.2, 0.25) is 0 Å². The average Bonchev–Trinajstić information content (AvgIpc) is 2.41. The Bertz CT molecular complexity index is 246. The lowest BCUT2D eigenvalue weighted by Gasteiger charge is -2.34. The van der Waals surface area contributed by atoms with Gasteiger partial charge in [-0.3, -0.25) is 0 Å². The van der Waals surface area contributed by atoms with Crippen LogP contribution in [0, 0.1) is 11.8 Å². The van der Waals surface area contributed by atoms with Gasteiger partial charge in [-0.15, -0.1) is 0 Å². The van der Waals surface area contributed by atoms with Crippen LogP contribution in [0.3, 0.4) is 0 Å². The lowest BCUT2D eigenvalue weighted by atomic mass is 9.95. The Morgan fingerprint density at radius 2 is 1.75 bits per heavy atom. The van der Waals surface area contributed by atoms with Gasteiger partial charge in [-0.2, -0.15) is 0 Å². The van der Waals surface area contributed by atoms with Crippen molar-refractivity contribution in [1.82, 2.24) is 9.80 Å². The maximum absolute atomic E-state index is 2.65. The van der Waals surface area contributed by atoms with Crippen molar-refractivity contribution in [3.63, 3.8) is 0 Å². The Labute approximate surface area is 128 Å². The zero-order valence-electron chi connectivity index (χ0n) is 15.1. The van der Waals surface area contributed by atoms with Crippen molar-refractivity contribution in [2.75, 3.05) is 40.3 Å². The van der Waals surface area contributed by atoms with Gasteiger partial charge in [0.25, 0.3) is 0 Å². The van der Waals surface area contributed by atoms with E-state index in [4.69, 9.17) is 0 Å². The zero-order valence-corrected chi connectivity index (χ0v) is 15.1. The molecule has 0 spiro atoms. The van der Waals surface area contributed by atoms with Crippen molar-refractivity contribution < 1.29 is 0 Å². The first kappa shape index (κ1) is 19.7. The monoisotopic (exact) mass is 282 g/mol. The quantitative estimate of drug-likeness (QED) is 0.695. The Morgan fingerprint density at radius 3 is 2.10 bits per heavy atom. The number of nitrogens with zero attached hydrogens (tertiary/aromatic N) is 2. The van der Waals surface area contributed by atoms with Gasteiger partial charge < -0.3 is 9.80 Å². The number of likely N-dealkylation sites (tertiary alicyclic amines) is 1. The maximum atomic E-state index is 2.65. The molecule has 0 radical (unpaired) electrons. The minimum absolute atomic E-state index is 0.871. The highest BCUT2D eigenvalue weighted by molar-refractivity contribution is 4.88. The van der Waals surface area contributed by atoms with Crippen LogP contribution in [0.5, 0.6) is 0 Å². The van der Waals surface area contributed by atoms with E-state index in [0.717, 1.165) is 11.8 Å². The van der Waals surface area contributed by atoms with E-state index in [1.54, 1.807) is 0 Å². The summed E-state index contributed by atoms with van der Waals surface area (Å²) in [5, 5.41) is 0. The fraction of sp³-hybridized carbons (Fsp3) is 0.889. The minimum atomic E-state index is 0.871. The van der Waals surface area contributed by atoms with Crippen molar-refractivity contribution in [3.8, 4) is 0 Å². The predicted octanol–water partition coefficient (Wildman–Crippen LogP) is 4.28. The van der Waals surface area contributed by atoms with Crippen LogP contribution in [-0.2, 0) is 0 Å². The third-order valence-corrected chi connectivity index (χ3v) is 4.17. The third kappa shape index (κ3) is 10.4. The molecule has 1 saturated heterocycles. The molecule has 2 heteroatoms. The molecule has 1 fully saturated rings. The topological polar surface area (TPSA) is 6.48 Å². The molecule has 1 atom stereocenters. The van der Waals surface area contributed by atoms with E-state index in [2.05, 4.69) is 57.7 Å². The van der Waals surface area contributed by atoms with E-state index < -0.39 is 0 Å². The van der Waals surface area contributed by atoms with Crippen LogP contribution < -0.4 is 0 Å². The van der Waals surface area contributed by atoms with E-state index in [1.165, 1.54) is 51.0 Å². The van der Waals surface area contributed by atoms with Gasteiger partial charge in [0.05, 0.1) is 0 Å². The second-order valence-electron chi connectivity index (χ2n) is 6.89. The molecule has 0 amide bonds. The Kier molecular flexibility index (Phi) is 11.1. The Balaban J connectivity index is 0.000000621. The Morgan fingerprint density at radius 1 is 1.25 bits per heavy atom. The lowest BCUT2D eigenvalue weighted by molar-refractivity contribution is 0.146. The first-order valence-corrected chi connectivity index (χ1v) is 8.35. The second-order valence-corrected chi connectivity index (χ2v) is 6.89. The molecular weight excluding hydrogens is 244 g/mol. The summed E-state index contributed by atoms with van der Waals surface area (Å²) in [4.78, 5) is 4.98. The van der Waals surface area contributed by atoms with Crippen molar-refractivity contribution in [2.24, 2.45) is 11.8 Å². The van der Waals surface area contributed by atoms with E-state index >= 15 is 0 Å². The molecule has 0 bridgehead atoms. The molecule has 0 aromatic heterocycles. The maximum Gasteiger partial charge on any atom is 0.000692 e. The van der Waals surface area contributed by atoms with Gasteiger partial charge in [-0.25, -0.2) is 0 Å². The van der Waals surface area contributed by atoms with Crippen molar-refractivity contribution in [2.45, 2.75) is 53.9 Å². The van der Waals surface area contributed by atoms with Gasteiger partial charge >= 0.3 is 0 Å². The SMILES string of the molecule is CC=C(C)C.CCC(C)CN1CCC(CN(C)C)CC1. The fourth-order valence-corrected chi connectivity index (χ4v) is 2.44. The van der Waals surface area contributed by atoms with E-state index in [-0.39, 0.29) is 0 Å². The van der Waals surface area contributed by atoms with Crippen LogP contribution >= 0.6 is 0 Å². The summed E-state index contributed by atoms with van der Waals surface area (Å²) in [5.74, 6) is 1.81. The third-order valence-electron chi connectivity index (χ3n) is 4.17. The molecule has 1 unspecified atom stereocenters. The van der Waals surface area contributed by atoms with Gasteiger partial charge in [-0.05, 0) is 72.6 Å². The zero-order chi connectivity index (χ0) is 15.5. The van der Waals surface area contributed by atoms with Gasteiger partial charge in [0.1, 0.15) is 0 Å². The predicted molar refractivity (Wildman–Crippen MR) is 92.3 cm³/mol. The van der Waals surface area contributed by atoms with Crippen molar-refractivity contribution in [3.05, 3.63) is 11.6 Å². The van der Waals surface area contributed by atoms with E-state index in [1.807, 2.05) is 6.92 Å². The second kappa shape index (κ2) is 11.3. The highest BCUT2D eigenvalue weighted by Gasteiger charge is 2.20. The number of hydrogen-bond acceptors (Lipinski definition) is 2. The molecule has 2 nitrogen and oxygen atoms in total. The summed E-state index contributed by atoms with van der Waals surface area (Å²) in [7, 11) is 4.37. The summed E-state index contributed by atoms with van der Waals surface area (Å²) >= 11 is 0. The molecule has 0 N–H and O–H groups in total.